The van der Waals surface area contributed by atoms with Crippen molar-refractivity contribution in [1.29, 1.82) is 0 Å². The second kappa shape index (κ2) is 7.50. The zero-order valence-corrected chi connectivity index (χ0v) is 18.3. The Morgan fingerprint density at radius 3 is 1.89 bits per heavy atom. The molecule has 1 heterocycles. The van der Waals surface area contributed by atoms with Crippen molar-refractivity contribution in [2.75, 3.05) is 0 Å². The molecule has 0 saturated carbocycles. The van der Waals surface area contributed by atoms with Crippen molar-refractivity contribution >= 4 is 0 Å². The first kappa shape index (κ1) is 21.0. The summed E-state index contributed by atoms with van der Waals surface area (Å²) in [5.41, 5.74) is 3.38. The molecule has 2 aliphatic rings. The number of phenols is 6. The molecule has 0 amide bonds. The number of hydrogen-bond donors (Lipinski definition) is 6. The maximum absolute atomic E-state index is 11.0. The third-order valence-corrected chi connectivity index (χ3v) is 7.03. The van der Waals surface area contributed by atoms with Crippen LogP contribution in [0.1, 0.15) is 51.7 Å². The zero-order valence-electron chi connectivity index (χ0n) is 18.3. The lowest BCUT2D eigenvalue weighted by Crippen LogP contribution is -2.27. The van der Waals surface area contributed by atoms with Crippen LogP contribution in [0.4, 0.5) is 0 Å². The Bertz CT molecular complexity index is 1440. The molecule has 0 bridgehead atoms. The van der Waals surface area contributed by atoms with Crippen LogP contribution in [0.3, 0.4) is 0 Å². The first-order valence-corrected chi connectivity index (χ1v) is 11.2. The minimum Gasteiger partial charge on any atom is -0.508 e. The molecule has 6 N–H and O–H groups in total. The van der Waals surface area contributed by atoms with E-state index in [0.29, 0.717) is 22.4 Å². The number of phenolic OH excluding ortho intramolecular Hbond substituents is 6. The molecular weight excluding hydrogens is 448 g/mol. The van der Waals surface area contributed by atoms with E-state index in [1.807, 2.05) is 0 Å². The van der Waals surface area contributed by atoms with Gasteiger partial charge in [0.2, 0.25) is 0 Å². The molecule has 4 atom stereocenters. The summed E-state index contributed by atoms with van der Waals surface area (Å²) in [4.78, 5) is 0. The average Bonchev–Trinajstić information content (AvgIpc) is 3.14. The second-order valence-corrected chi connectivity index (χ2v) is 9.13. The smallest absolute Gasteiger partial charge is 0.131 e. The molecule has 4 aromatic rings. The molecule has 7 heteroatoms. The van der Waals surface area contributed by atoms with Gasteiger partial charge >= 0.3 is 0 Å². The maximum atomic E-state index is 11.0. The summed E-state index contributed by atoms with van der Waals surface area (Å²) in [6.45, 7) is 0. The molecule has 0 saturated heterocycles. The van der Waals surface area contributed by atoms with Gasteiger partial charge in [-0.3, -0.25) is 0 Å². The van der Waals surface area contributed by atoms with Gasteiger partial charge in [-0.1, -0.05) is 18.2 Å². The molecule has 35 heavy (non-hydrogen) atoms. The lowest BCUT2D eigenvalue weighted by Gasteiger charge is -2.39. The van der Waals surface area contributed by atoms with E-state index in [2.05, 4.69) is 0 Å². The quantitative estimate of drug-likeness (QED) is 0.241. The van der Waals surface area contributed by atoms with Crippen molar-refractivity contribution in [1.82, 2.24) is 0 Å². The fourth-order valence-electron chi connectivity index (χ4n) is 5.79. The minimum absolute atomic E-state index is 0.0363. The van der Waals surface area contributed by atoms with Crippen LogP contribution in [-0.4, -0.2) is 30.6 Å². The van der Waals surface area contributed by atoms with Gasteiger partial charge in [-0.25, -0.2) is 0 Å². The van der Waals surface area contributed by atoms with Gasteiger partial charge in [0.15, 0.2) is 0 Å². The topological polar surface area (TPSA) is 131 Å². The lowest BCUT2D eigenvalue weighted by atomic mass is 9.73. The van der Waals surface area contributed by atoms with Crippen molar-refractivity contribution < 1.29 is 35.4 Å². The second-order valence-electron chi connectivity index (χ2n) is 9.13. The molecule has 7 nitrogen and oxygen atoms in total. The predicted molar refractivity (Wildman–Crippen MR) is 126 cm³/mol. The van der Waals surface area contributed by atoms with Crippen LogP contribution in [0.25, 0.3) is 0 Å². The van der Waals surface area contributed by atoms with Crippen LogP contribution < -0.4 is 4.74 Å². The van der Waals surface area contributed by atoms with E-state index in [-0.39, 0.29) is 46.3 Å². The van der Waals surface area contributed by atoms with E-state index >= 15 is 0 Å². The molecule has 1 aliphatic carbocycles. The van der Waals surface area contributed by atoms with Crippen LogP contribution >= 0.6 is 0 Å². The van der Waals surface area contributed by atoms with Crippen LogP contribution in [0, 0.1) is 0 Å². The van der Waals surface area contributed by atoms with E-state index in [0.717, 1.165) is 11.1 Å². The number of fused-ring (bicyclic) bond motifs is 5. The molecule has 6 rings (SSSR count). The summed E-state index contributed by atoms with van der Waals surface area (Å²) in [6.07, 6.45) is -0.578. The van der Waals surface area contributed by atoms with Gasteiger partial charge in [-0.2, -0.15) is 0 Å². The molecule has 1 aliphatic heterocycles. The summed E-state index contributed by atoms with van der Waals surface area (Å²) in [7, 11) is 0. The average molecular weight is 470 g/mol. The highest BCUT2D eigenvalue weighted by atomic mass is 16.5. The monoisotopic (exact) mass is 470 g/mol. The molecule has 0 fully saturated rings. The van der Waals surface area contributed by atoms with Crippen molar-refractivity contribution in [3.8, 4) is 40.2 Å². The molecule has 2 unspecified atom stereocenters. The number of hydrogen-bond acceptors (Lipinski definition) is 7. The largest absolute Gasteiger partial charge is 0.508 e. The Balaban J connectivity index is 1.66. The molecular formula is C28H22O7. The van der Waals surface area contributed by atoms with Gasteiger partial charge in [0.1, 0.15) is 46.4 Å². The van der Waals surface area contributed by atoms with Gasteiger partial charge in [-0.15, -0.1) is 0 Å². The number of ether oxygens (including phenoxy) is 1. The highest BCUT2D eigenvalue weighted by Gasteiger charge is 2.52. The first-order chi connectivity index (χ1) is 16.8. The van der Waals surface area contributed by atoms with Crippen LogP contribution in [0.2, 0.25) is 0 Å². The first-order valence-electron chi connectivity index (χ1n) is 11.2. The number of aromatic hydroxyl groups is 6. The zero-order chi connectivity index (χ0) is 24.4. The maximum Gasteiger partial charge on any atom is 0.131 e. The van der Waals surface area contributed by atoms with Crippen molar-refractivity contribution in [3.63, 3.8) is 0 Å². The van der Waals surface area contributed by atoms with E-state index in [4.69, 9.17) is 4.74 Å². The van der Waals surface area contributed by atoms with E-state index in [9.17, 15) is 30.6 Å². The lowest BCUT2D eigenvalue weighted by molar-refractivity contribution is 0.135. The predicted octanol–water partition coefficient (Wildman–Crippen LogP) is 5.07. The summed E-state index contributed by atoms with van der Waals surface area (Å²) in [5.74, 6) is -1.03. The minimum atomic E-state index is -0.578. The van der Waals surface area contributed by atoms with Crippen molar-refractivity contribution in [3.05, 3.63) is 101 Å². The van der Waals surface area contributed by atoms with Gasteiger partial charge in [0.25, 0.3) is 0 Å². The molecule has 176 valence electrons. The van der Waals surface area contributed by atoms with Crippen LogP contribution in [0.5, 0.6) is 40.2 Å². The molecule has 4 aromatic carbocycles. The van der Waals surface area contributed by atoms with Crippen molar-refractivity contribution in [2.45, 2.75) is 23.9 Å². The Hall–Kier alpha value is -4.52. The van der Waals surface area contributed by atoms with Crippen LogP contribution in [0.15, 0.2) is 72.8 Å². The van der Waals surface area contributed by atoms with Gasteiger partial charge < -0.3 is 35.4 Å². The highest BCUT2D eigenvalue weighted by molar-refractivity contribution is 5.63. The van der Waals surface area contributed by atoms with Gasteiger partial charge in [0, 0.05) is 41.5 Å². The number of rotatable bonds is 2. The Morgan fingerprint density at radius 2 is 1.17 bits per heavy atom. The van der Waals surface area contributed by atoms with Gasteiger partial charge in [-0.05, 0) is 58.7 Å². The summed E-state index contributed by atoms with van der Waals surface area (Å²) in [6, 6.07) is 18.7. The normalized spacial score (nSPS) is 22.1. The fraction of sp³-hybridized carbons (Fsp3) is 0.143. The van der Waals surface area contributed by atoms with Gasteiger partial charge in [0.05, 0.1) is 0 Å². The van der Waals surface area contributed by atoms with Crippen molar-refractivity contribution in [2.24, 2.45) is 0 Å². The number of benzene rings is 4. The third kappa shape index (κ3) is 3.27. The Labute approximate surface area is 200 Å². The summed E-state index contributed by atoms with van der Waals surface area (Å²) >= 11 is 0. The Morgan fingerprint density at radius 1 is 0.514 bits per heavy atom. The Kier molecular flexibility index (Phi) is 4.51. The molecule has 0 radical (unpaired) electrons. The highest BCUT2D eigenvalue weighted by Crippen LogP contribution is 2.65. The van der Waals surface area contributed by atoms with E-state index in [1.54, 1.807) is 54.6 Å². The van der Waals surface area contributed by atoms with E-state index in [1.165, 1.54) is 18.2 Å². The fourth-order valence-corrected chi connectivity index (χ4v) is 5.79. The summed E-state index contributed by atoms with van der Waals surface area (Å²) < 4.78 is 6.42. The van der Waals surface area contributed by atoms with E-state index < -0.39 is 12.0 Å². The molecule has 0 aromatic heterocycles. The molecule has 0 spiro atoms. The SMILES string of the molecule is Oc1ccc(C2Oc3cc(O)ccc3[C@H]3C(c4cc(O)cc(O)c4)c4c(O)cc(O)cc4[C@H]23)cc1. The third-order valence-electron chi connectivity index (χ3n) is 7.03. The van der Waals surface area contributed by atoms with Crippen LogP contribution in [-0.2, 0) is 0 Å². The summed E-state index contributed by atoms with van der Waals surface area (Å²) in [5, 5.41) is 61.9. The standard InChI is InChI=1S/C28H22O7/c29-15-3-1-13(2-4-15)28-27-21-10-19(33)11-22(34)25(21)24(14-7-17(31)9-18(32)8-14)26(27)20-6-5-16(30)12-23(20)35-28/h1-12,24,26-34H/t24?,26-,27-,28?/m0/s1.